The number of hydrogen-bond donors (Lipinski definition) is 2. The van der Waals surface area contributed by atoms with Gasteiger partial charge < -0.3 is 5.11 Å². The lowest BCUT2D eigenvalue weighted by Crippen LogP contribution is -2.36. The van der Waals surface area contributed by atoms with Gasteiger partial charge in [0, 0.05) is 6.04 Å². The van der Waals surface area contributed by atoms with Gasteiger partial charge in [-0.2, -0.15) is 0 Å². The van der Waals surface area contributed by atoms with Crippen molar-refractivity contribution in [2.75, 3.05) is 0 Å². The molecule has 0 heterocycles. The quantitative estimate of drug-likeness (QED) is 0.815. The highest BCUT2D eigenvalue weighted by Crippen LogP contribution is 2.29. The van der Waals surface area contributed by atoms with E-state index < -0.39 is 16.0 Å². The average Bonchev–Trinajstić information content (AvgIpc) is 2.41. The minimum Gasteiger partial charge on any atom is -0.481 e. The second kappa shape index (κ2) is 6.22. The Morgan fingerprint density at radius 1 is 1.32 bits per heavy atom. The summed E-state index contributed by atoms with van der Waals surface area (Å²) in [7, 11) is -3.59. The fraction of sp³-hybridized carbons (Fsp3) is 0.438. The molecule has 5 nitrogen and oxygen atoms in total. The van der Waals surface area contributed by atoms with Gasteiger partial charge in [-0.15, -0.1) is 0 Å². The Morgan fingerprint density at radius 3 is 2.45 bits per heavy atom. The summed E-state index contributed by atoms with van der Waals surface area (Å²) < 4.78 is 27.3. The third-order valence-corrected chi connectivity index (χ3v) is 5.28. The molecule has 0 saturated heterocycles. The van der Waals surface area contributed by atoms with E-state index in [-0.39, 0.29) is 22.8 Å². The zero-order valence-electron chi connectivity index (χ0n) is 12.7. The van der Waals surface area contributed by atoms with Crippen molar-refractivity contribution in [3.05, 3.63) is 42.0 Å². The maximum atomic E-state index is 12.3. The number of hydrogen-bond acceptors (Lipinski definition) is 3. The van der Waals surface area contributed by atoms with Gasteiger partial charge in [-0.25, -0.2) is 13.1 Å². The molecule has 2 rings (SSSR count). The normalized spacial score (nSPS) is 20.7. The fourth-order valence-corrected chi connectivity index (χ4v) is 3.64. The number of carboxylic acids is 1. The van der Waals surface area contributed by atoms with E-state index in [9.17, 15) is 13.2 Å². The molecular formula is C16H21NO4S. The molecule has 6 heteroatoms. The molecule has 1 aliphatic carbocycles. The summed E-state index contributed by atoms with van der Waals surface area (Å²) in [5, 5.41) is 8.72. The molecule has 1 atom stereocenters. The molecular weight excluding hydrogens is 302 g/mol. The minimum absolute atomic E-state index is 0.112. The van der Waals surface area contributed by atoms with E-state index >= 15 is 0 Å². The zero-order valence-corrected chi connectivity index (χ0v) is 13.6. The number of benzene rings is 1. The SMILES string of the molecule is CC1(C)C=CC(NS(=O)(=O)c2ccc(CC(=O)O)cc2)CC1. The predicted octanol–water partition coefficient (Wildman–Crippen LogP) is 2.34. The molecule has 2 N–H and O–H groups in total. The van der Waals surface area contributed by atoms with Gasteiger partial charge in [0.15, 0.2) is 0 Å². The summed E-state index contributed by atoms with van der Waals surface area (Å²) in [6, 6.07) is 5.75. The summed E-state index contributed by atoms with van der Waals surface area (Å²) >= 11 is 0. The second-order valence-electron chi connectivity index (χ2n) is 6.33. The van der Waals surface area contributed by atoms with Crippen LogP contribution in [0.5, 0.6) is 0 Å². The number of sulfonamides is 1. The van der Waals surface area contributed by atoms with Crippen LogP contribution in [0, 0.1) is 5.41 Å². The summed E-state index contributed by atoms with van der Waals surface area (Å²) in [6.45, 7) is 4.24. The second-order valence-corrected chi connectivity index (χ2v) is 8.04. The Morgan fingerprint density at radius 2 is 1.95 bits per heavy atom. The van der Waals surface area contributed by atoms with Crippen LogP contribution in [0.3, 0.4) is 0 Å². The van der Waals surface area contributed by atoms with Crippen LogP contribution < -0.4 is 4.72 Å². The van der Waals surface area contributed by atoms with Crippen LogP contribution >= 0.6 is 0 Å². The van der Waals surface area contributed by atoms with Crippen molar-refractivity contribution < 1.29 is 18.3 Å². The number of allylic oxidation sites excluding steroid dienone is 1. The Bertz CT molecular complexity index is 675. The molecule has 0 saturated carbocycles. The van der Waals surface area contributed by atoms with Gasteiger partial charge in [0.05, 0.1) is 11.3 Å². The Hall–Kier alpha value is -1.66. The predicted molar refractivity (Wildman–Crippen MR) is 84.0 cm³/mol. The molecule has 0 radical (unpaired) electrons. The van der Waals surface area contributed by atoms with Crippen LogP contribution in [0.1, 0.15) is 32.3 Å². The van der Waals surface area contributed by atoms with E-state index in [0.717, 1.165) is 12.8 Å². The first kappa shape index (κ1) is 16.7. The molecule has 1 aliphatic rings. The van der Waals surface area contributed by atoms with Crippen molar-refractivity contribution >= 4 is 16.0 Å². The van der Waals surface area contributed by atoms with Crippen LogP contribution in [-0.4, -0.2) is 25.5 Å². The van der Waals surface area contributed by atoms with E-state index in [4.69, 9.17) is 5.11 Å². The molecule has 120 valence electrons. The maximum Gasteiger partial charge on any atom is 0.307 e. The number of rotatable bonds is 5. The standard InChI is InChI=1S/C16H21NO4S/c1-16(2)9-7-13(8-10-16)17-22(20,21)14-5-3-12(4-6-14)11-15(18)19/h3-7,9,13,17H,8,10-11H2,1-2H3,(H,18,19). The number of nitrogens with one attached hydrogen (secondary N) is 1. The Balaban J connectivity index is 2.09. The van der Waals surface area contributed by atoms with E-state index in [1.165, 1.54) is 24.3 Å². The maximum absolute atomic E-state index is 12.3. The van der Waals surface area contributed by atoms with Crippen LogP contribution in [0.2, 0.25) is 0 Å². The van der Waals surface area contributed by atoms with Gasteiger partial charge in [-0.3, -0.25) is 4.79 Å². The number of carbonyl (C=O) groups is 1. The monoisotopic (exact) mass is 323 g/mol. The first-order valence-electron chi connectivity index (χ1n) is 7.20. The molecule has 1 aromatic carbocycles. The molecule has 1 aromatic rings. The lowest BCUT2D eigenvalue weighted by Gasteiger charge is -2.28. The summed E-state index contributed by atoms with van der Waals surface area (Å²) in [4.78, 5) is 10.8. The van der Waals surface area contributed by atoms with E-state index in [1.807, 2.05) is 12.2 Å². The summed E-state index contributed by atoms with van der Waals surface area (Å²) in [5.74, 6) is -0.941. The molecule has 0 amide bonds. The average molecular weight is 323 g/mol. The van der Waals surface area contributed by atoms with Crippen molar-refractivity contribution in [3.8, 4) is 0 Å². The highest BCUT2D eigenvalue weighted by molar-refractivity contribution is 7.89. The van der Waals surface area contributed by atoms with Crippen molar-refractivity contribution in [1.82, 2.24) is 4.72 Å². The lowest BCUT2D eigenvalue weighted by atomic mass is 9.81. The number of carboxylic acid groups (broad SMARTS) is 1. The van der Waals surface area contributed by atoms with Crippen molar-refractivity contribution in [2.24, 2.45) is 5.41 Å². The smallest absolute Gasteiger partial charge is 0.307 e. The Labute approximate surface area is 131 Å². The molecule has 1 unspecified atom stereocenters. The minimum atomic E-state index is -3.59. The molecule has 0 bridgehead atoms. The highest BCUT2D eigenvalue weighted by Gasteiger charge is 2.25. The van der Waals surface area contributed by atoms with Crippen LogP contribution in [0.4, 0.5) is 0 Å². The molecule has 0 aliphatic heterocycles. The van der Waals surface area contributed by atoms with Crippen molar-refractivity contribution in [3.63, 3.8) is 0 Å². The van der Waals surface area contributed by atoms with Gasteiger partial charge in [0.1, 0.15) is 0 Å². The molecule has 0 spiro atoms. The first-order valence-corrected chi connectivity index (χ1v) is 8.69. The zero-order chi connectivity index (χ0) is 16.4. The van der Waals surface area contributed by atoms with E-state index in [1.54, 1.807) is 0 Å². The van der Waals surface area contributed by atoms with Gasteiger partial charge in [0.25, 0.3) is 0 Å². The van der Waals surface area contributed by atoms with Crippen LogP contribution in [0.25, 0.3) is 0 Å². The van der Waals surface area contributed by atoms with Crippen LogP contribution in [-0.2, 0) is 21.2 Å². The molecule has 0 fully saturated rings. The lowest BCUT2D eigenvalue weighted by molar-refractivity contribution is -0.136. The largest absolute Gasteiger partial charge is 0.481 e. The molecule has 22 heavy (non-hydrogen) atoms. The molecule has 0 aromatic heterocycles. The van der Waals surface area contributed by atoms with Gasteiger partial charge in [-0.05, 0) is 36.0 Å². The summed E-state index contributed by atoms with van der Waals surface area (Å²) in [6.07, 6.45) is 5.52. The van der Waals surface area contributed by atoms with Crippen molar-refractivity contribution in [1.29, 1.82) is 0 Å². The third kappa shape index (κ3) is 4.42. The highest BCUT2D eigenvalue weighted by atomic mass is 32.2. The third-order valence-electron chi connectivity index (χ3n) is 3.77. The van der Waals surface area contributed by atoms with Gasteiger partial charge >= 0.3 is 5.97 Å². The van der Waals surface area contributed by atoms with E-state index in [0.29, 0.717) is 5.56 Å². The fourth-order valence-electron chi connectivity index (χ4n) is 2.41. The first-order chi connectivity index (χ1) is 10.2. The Kier molecular flexibility index (Phi) is 4.72. The van der Waals surface area contributed by atoms with Gasteiger partial charge in [0.2, 0.25) is 10.0 Å². The van der Waals surface area contributed by atoms with Crippen LogP contribution in [0.15, 0.2) is 41.3 Å². The van der Waals surface area contributed by atoms with Gasteiger partial charge in [-0.1, -0.05) is 38.1 Å². The summed E-state index contributed by atoms with van der Waals surface area (Å²) in [5.41, 5.74) is 0.686. The topological polar surface area (TPSA) is 83.5 Å². The van der Waals surface area contributed by atoms with Crippen molar-refractivity contribution in [2.45, 2.75) is 44.0 Å². The number of aliphatic carboxylic acids is 1. The van der Waals surface area contributed by atoms with E-state index in [2.05, 4.69) is 18.6 Å².